The summed E-state index contributed by atoms with van der Waals surface area (Å²) >= 11 is 0. The first kappa shape index (κ1) is 14.3. The summed E-state index contributed by atoms with van der Waals surface area (Å²) in [6.07, 6.45) is 4.18. The van der Waals surface area contributed by atoms with Gasteiger partial charge in [-0.15, -0.1) is 0 Å². The van der Waals surface area contributed by atoms with Gasteiger partial charge in [-0.1, -0.05) is 26.7 Å². The number of hydrogen-bond acceptors (Lipinski definition) is 3. The van der Waals surface area contributed by atoms with Gasteiger partial charge in [-0.25, -0.2) is 4.79 Å². The summed E-state index contributed by atoms with van der Waals surface area (Å²) in [5.74, 6) is 0.266. The van der Waals surface area contributed by atoms with Gasteiger partial charge in [-0.3, -0.25) is 9.69 Å². The number of hydrogen-bond donors (Lipinski definition) is 1. The van der Waals surface area contributed by atoms with Crippen molar-refractivity contribution in [3.05, 3.63) is 0 Å². The molecule has 108 valence electrons. The molecule has 0 radical (unpaired) electrons. The first-order valence-corrected chi connectivity index (χ1v) is 7.35. The second-order valence-corrected chi connectivity index (χ2v) is 5.66. The molecular formula is C14H24N2O3. The second-order valence-electron chi connectivity index (χ2n) is 5.66. The highest BCUT2D eigenvalue weighted by Crippen LogP contribution is 2.29. The van der Waals surface area contributed by atoms with Gasteiger partial charge in [0.25, 0.3) is 5.91 Å². The highest BCUT2D eigenvalue weighted by molar-refractivity contribution is 6.07. The molecule has 0 spiro atoms. The topological polar surface area (TPSA) is 58.6 Å². The minimum atomic E-state index is -0.653. The van der Waals surface area contributed by atoms with Crippen molar-refractivity contribution in [2.45, 2.75) is 51.5 Å². The van der Waals surface area contributed by atoms with Gasteiger partial charge < -0.3 is 10.1 Å². The third kappa shape index (κ3) is 2.76. The van der Waals surface area contributed by atoms with Crippen LogP contribution in [-0.2, 0) is 9.53 Å². The number of carbonyl (C=O) groups excluding carboxylic acids is 2. The van der Waals surface area contributed by atoms with Crippen LogP contribution in [0.15, 0.2) is 0 Å². The molecule has 2 heterocycles. The van der Waals surface area contributed by atoms with Gasteiger partial charge in [0.2, 0.25) is 0 Å². The predicted molar refractivity (Wildman–Crippen MR) is 71.7 cm³/mol. The summed E-state index contributed by atoms with van der Waals surface area (Å²) in [5, 5.41) is 2.94. The van der Waals surface area contributed by atoms with Crippen LogP contribution in [0, 0.1) is 5.92 Å². The van der Waals surface area contributed by atoms with Gasteiger partial charge in [0, 0.05) is 19.1 Å². The van der Waals surface area contributed by atoms with Gasteiger partial charge in [0.15, 0.2) is 0 Å². The fourth-order valence-corrected chi connectivity index (χ4v) is 3.14. The molecule has 3 amide bonds. The molecular weight excluding hydrogens is 244 g/mol. The predicted octanol–water partition coefficient (Wildman–Crippen LogP) is 1.91. The molecule has 5 heteroatoms. The molecule has 0 aliphatic carbocycles. The zero-order valence-electron chi connectivity index (χ0n) is 11.9. The molecule has 2 rings (SSSR count). The summed E-state index contributed by atoms with van der Waals surface area (Å²) in [5.41, 5.74) is -0.653. The fourth-order valence-electron chi connectivity index (χ4n) is 3.14. The number of rotatable bonds is 6. The fraction of sp³-hybridized carbons (Fsp3) is 0.857. The average molecular weight is 268 g/mol. The largest absolute Gasteiger partial charge is 0.381 e. The summed E-state index contributed by atoms with van der Waals surface area (Å²) in [4.78, 5) is 26.1. The molecule has 1 atom stereocenters. The van der Waals surface area contributed by atoms with E-state index >= 15 is 0 Å². The van der Waals surface area contributed by atoms with Crippen molar-refractivity contribution in [2.24, 2.45) is 5.92 Å². The van der Waals surface area contributed by atoms with Crippen LogP contribution in [0.3, 0.4) is 0 Å². The Morgan fingerprint density at radius 3 is 2.53 bits per heavy atom. The molecule has 0 aromatic rings. The molecule has 0 saturated carbocycles. The number of ether oxygens (including phenoxy) is 1. The maximum absolute atomic E-state index is 12.6. The van der Waals surface area contributed by atoms with E-state index in [2.05, 4.69) is 5.32 Å². The number of amides is 3. The van der Waals surface area contributed by atoms with Gasteiger partial charge in [0.1, 0.15) is 5.54 Å². The standard InChI is InChI=1S/C14H24N2O3/c1-3-6-14(7-4-2)12(17)16(13(18)15-14)9-11-5-8-19-10-11/h11H,3-10H2,1-2H3,(H,15,18)/t11-/m0/s1. The van der Waals surface area contributed by atoms with Crippen LogP contribution < -0.4 is 5.32 Å². The van der Waals surface area contributed by atoms with Crippen molar-refractivity contribution >= 4 is 11.9 Å². The quantitative estimate of drug-likeness (QED) is 0.749. The number of nitrogens with zero attached hydrogens (tertiary/aromatic N) is 1. The Morgan fingerprint density at radius 2 is 2.00 bits per heavy atom. The van der Waals surface area contributed by atoms with Crippen LogP contribution in [-0.4, -0.2) is 42.1 Å². The van der Waals surface area contributed by atoms with Crippen molar-refractivity contribution in [1.29, 1.82) is 0 Å². The van der Waals surface area contributed by atoms with Crippen LogP contribution in [0.25, 0.3) is 0 Å². The molecule has 2 saturated heterocycles. The summed E-state index contributed by atoms with van der Waals surface area (Å²) in [6.45, 7) is 5.99. The Morgan fingerprint density at radius 1 is 1.32 bits per heavy atom. The van der Waals surface area contributed by atoms with E-state index in [0.29, 0.717) is 19.1 Å². The zero-order valence-corrected chi connectivity index (χ0v) is 11.9. The summed E-state index contributed by atoms with van der Waals surface area (Å²) < 4.78 is 5.32. The normalized spacial score (nSPS) is 26.0. The molecule has 0 unspecified atom stereocenters. The highest BCUT2D eigenvalue weighted by Gasteiger charge is 2.50. The molecule has 0 aromatic heterocycles. The van der Waals surface area contributed by atoms with Crippen LogP contribution in [0.2, 0.25) is 0 Å². The van der Waals surface area contributed by atoms with E-state index in [1.807, 2.05) is 13.8 Å². The molecule has 2 fully saturated rings. The van der Waals surface area contributed by atoms with E-state index in [1.165, 1.54) is 4.90 Å². The minimum Gasteiger partial charge on any atom is -0.381 e. The van der Waals surface area contributed by atoms with Gasteiger partial charge in [-0.2, -0.15) is 0 Å². The maximum Gasteiger partial charge on any atom is 0.325 e. The van der Waals surface area contributed by atoms with Crippen molar-refractivity contribution < 1.29 is 14.3 Å². The van der Waals surface area contributed by atoms with Crippen molar-refractivity contribution in [1.82, 2.24) is 10.2 Å². The third-order valence-electron chi connectivity index (χ3n) is 4.06. The van der Waals surface area contributed by atoms with E-state index < -0.39 is 5.54 Å². The first-order valence-electron chi connectivity index (χ1n) is 7.35. The molecule has 2 aliphatic heterocycles. The van der Waals surface area contributed by atoms with E-state index in [-0.39, 0.29) is 11.9 Å². The lowest BCUT2D eigenvalue weighted by molar-refractivity contribution is -0.132. The monoisotopic (exact) mass is 268 g/mol. The Kier molecular flexibility index (Phi) is 4.45. The van der Waals surface area contributed by atoms with E-state index in [9.17, 15) is 9.59 Å². The molecule has 19 heavy (non-hydrogen) atoms. The lowest BCUT2D eigenvalue weighted by atomic mass is 9.88. The molecule has 1 N–H and O–H groups in total. The SMILES string of the molecule is CCCC1(CCC)NC(=O)N(C[C@@H]2CCOC2)C1=O. The summed E-state index contributed by atoms with van der Waals surface area (Å²) in [6, 6.07) is -0.223. The molecule has 0 aromatic carbocycles. The zero-order chi connectivity index (χ0) is 13.9. The first-order chi connectivity index (χ1) is 9.13. The van der Waals surface area contributed by atoms with E-state index in [0.717, 1.165) is 38.7 Å². The third-order valence-corrected chi connectivity index (χ3v) is 4.06. The van der Waals surface area contributed by atoms with E-state index in [4.69, 9.17) is 4.74 Å². The average Bonchev–Trinajstić information content (AvgIpc) is 2.94. The van der Waals surface area contributed by atoms with E-state index in [1.54, 1.807) is 0 Å². The lowest BCUT2D eigenvalue weighted by Gasteiger charge is -2.26. The second kappa shape index (κ2) is 5.90. The highest BCUT2D eigenvalue weighted by atomic mass is 16.5. The van der Waals surface area contributed by atoms with Crippen LogP contribution in [0.1, 0.15) is 46.0 Å². The van der Waals surface area contributed by atoms with Crippen molar-refractivity contribution in [3.8, 4) is 0 Å². The summed E-state index contributed by atoms with van der Waals surface area (Å²) in [7, 11) is 0. The number of urea groups is 1. The van der Waals surface area contributed by atoms with Crippen LogP contribution >= 0.6 is 0 Å². The Bertz CT molecular complexity index is 345. The Balaban J connectivity index is 2.08. The number of imide groups is 1. The van der Waals surface area contributed by atoms with Crippen LogP contribution in [0.4, 0.5) is 4.79 Å². The van der Waals surface area contributed by atoms with Gasteiger partial charge >= 0.3 is 6.03 Å². The van der Waals surface area contributed by atoms with Gasteiger partial charge in [-0.05, 0) is 19.3 Å². The minimum absolute atomic E-state index is 0.0342. The Labute approximate surface area is 114 Å². The van der Waals surface area contributed by atoms with Gasteiger partial charge in [0.05, 0.1) is 6.61 Å². The van der Waals surface area contributed by atoms with Crippen LogP contribution in [0.5, 0.6) is 0 Å². The Hall–Kier alpha value is -1.10. The van der Waals surface area contributed by atoms with Crippen molar-refractivity contribution in [3.63, 3.8) is 0 Å². The van der Waals surface area contributed by atoms with Crippen molar-refractivity contribution in [2.75, 3.05) is 19.8 Å². The number of nitrogens with one attached hydrogen (secondary N) is 1. The smallest absolute Gasteiger partial charge is 0.325 e. The maximum atomic E-state index is 12.6. The molecule has 0 bridgehead atoms. The molecule has 2 aliphatic rings. The molecule has 5 nitrogen and oxygen atoms in total. The number of carbonyl (C=O) groups is 2. The lowest BCUT2D eigenvalue weighted by Crippen LogP contribution is -2.47.